The number of nitrogens with zero attached hydrogens (tertiary/aromatic N) is 1. The Morgan fingerprint density at radius 2 is 2.11 bits per heavy atom. The Morgan fingerprint density at radius 1 is 1.33 bits per heavy atom. The monoisotopic (exact) mass is 262 g/mol. The number of nitrogens with one attached hydrogen (secondary N) is 1. The van der Waals surface area contributed by atoms with E-state index in [-0.39, 0.29) is 6.04 Å². The molecular weight excluding hydrogens is 244 g/mol. The molecule has 0 bridgehead atoms. The highest BCUT2D eigenvalue weighted by Crippen LogP contribution is 2.28. The first-order chi connectivity index (χ1) is 8.78. The fourth-order valence-corrected chi connectivity index (χ4v) is 2.87. The van der Waals surface area contributed by atoms with Gasteiger partial charge in [0.2, 0.25) is 0 Å². The van der Waals surface area contributed by atoms with Crippen LogP contribution < -0.4 is 5.32 Å². The summed E-state index contributed by atoms with van der Waals surface area (Å²) in [6.45, 7) is 0. The Balaban J connectivity index is 1.91. The van der Waals surface area contributed by atoms with Crippen LogP contribution in [0.2, 0.25) is 5.02 Å². The van der Waals surface area contributed by atoms with Gasteiger partial charge in [0, 0.05) is 10.7 Å². The van der Waals surface area contributed by atoms with Crippen LogP contribution in [0.15, 0.2) is 24.3 Å². The molecule has 1 aliphatic carbocycles. The molecule has 18 heavy (non-hydrogen) atoms. The Morgan fingerprint density at radius 3 is 2.78 bits per heavy atom. The zero-order valence-corrected chi connectivity index (χ0v) is 11.3. The zero-order chi connectivity index (χ0) is 12.8. The van der Waals surface area contributed by atoms with Crippen molar-refractivity contribution in [1.29, 1.82) is 5.26 Å². The summed E-state index contributed by atoms with van der Waals surface area (Å²) in [6.07, 6.45) is 7.49. The van der Waals surface area contributed by atoms with Crippen molar-refractivity contribution in [3.8, 4) is 6.07 Å². The molecule has 0 radical (unpaired) electrons. The molecule has 1 atom stereocenters. The van der Waals surface area contributed by atoms with Crippen molar-refractivity contribution in [2.45, 2.75) is 44.6 Å². The topological polar surface area (TPSA) is 35.8 Å². The maximum Gasteiger partial charge on any atom is 0.114 e. The molecule has 0 heterocycles. The molecule has 1 saturated carbocycles. The van der Waals surface area contributed by atoms with Crippen molar-refractivity contribution in [3.63, 3.8) is 0 Å². The van der Waals surface area contributed by atoms with Crippen molar-refractivity contribution in [1.82, 2.24) is 0 Å². The molecule has 1 N–H and O–H groups in total. The molecule has 0 aliphatic heterocycles. The maximum absolute atomic E-state index is 9.24. The van der Waals surface area contributed by atoms with Crippen LogP contribution in [0, 0.1) is 17.2 Å². The van der Waals surface area contributed by atoms with Gasteiger partial charge in [0.25, 0.3) is 0 Å². The van der Waals surface area contributed by atoms with E-state index in [1.807, 2.05) is 24.3 Å². The minimum atomic E-state index is -0.105. The number of benzene rings is 1. The molecule has 1 fully saturated rings. The second-order valence-electron chi connectivity index (χ2n) is 5.08. The van der Waals surface area contributed by atoms with Crippen LogP contribution in [0.4, 0.5) is 5.69 Å². The maximum atomic E-state index is 9.24. The van der Waals surface area contributed by atoms with Crippen LogP contribution in [0.5, 0.6) is 0 Å². The van der Waals surface area contributed by atoms with Gasteiger partial charge in [-0.25, -0.2) is 0 Å². The summed E-state index contributed by atoms with van der Waals surface area (Å²) in [4.78, 5) is 0. The quantitative estimate of drug-likeness (QED) is 0.860. The van der Waals surface area contributed by atoms with Crippen LogP contribution in [-0.2, 0) is 0 Å². The van der Waals surface area contributed by atoms with Gasteiger partial charge in [0.1, 0.15) is 6.04 Å². The van der Waals surface area contributed by atoms with Crippen LogP contribution in [0.25, 0.3) is 0 Å². The van der Waals surface area contributed by atoms with Gasteiger partial charge in [-0.05, 0) is 30.5 Å². The van der Waals surface area contributed by atoms with E-state index in [2.05, 4.69) is 11.4 Å². The Bertz CT molecular complexity index is 419. The van der Waals surface area contributed by atoms with E-state index in [4.69, 9.17) is 11.6 Å². The molecule has 1 aliphatic rings. The fourth-order valence-electron chi connectivity index (χ4n) is 2.68. The van der Waals surface area contributed by atoms with Gasteiger partial charge in [-0.15, -0.1) is 0 Å². The molecular formula is C15H19ClN2. The molecule has 96 valence electrons. The molecule has 0 aromatic heterocycles. The van der Waals surface area contributed by atoms with Gasteiger partial charge in [-0.2, -0.15) is 5.26 Å². The third-order valence-electron chi connectivity index (χ3n) is 3.62. The lowest BCUT2D eigenvalue weighted by molar-refractivity contribution is 0.335. The standard InChI is InChI=1S/C15H19ClN2/c16-13-7-4-8-14(10-13)18-15(11-17)9-12-5-2-1-3-6-12/h4,7-8,10,12,15,18H,1-3,5-6,9H2. The number of anilines is 1. The molecule has 0 saturated heterocycles. The van der Waals surface area contributed by atoms with E-state index < -0.39 is 0 Å². The van der Waals surface area contributed by atoms with Crippen molar-refractivity contribution in [2.75, 3.05) is 5.32 Å². The van der Waals surface area contributed by atoms with Crippen LogP contribution >= 0.6 is 11.6 Å². The summed E-state index contributed by atoms with van der Waals surface area (Å²) < 4.78 is 0. The predicted octanol–water partition coefficient (Wildman–Crippen LogP) is 4.61. The average molecular weight is 263 g/mol. The second kappa shape index (κ2) is 6.66. The number of hydrogen-bond acceptors (Lipinski definition) is 2. The minimum absolute atomic E-state index is 0.105. The number of rotatable bonds is 4. The minimum Gasteiger partial charge on any atom is -0.370 e. The van der Waals surface area contributed by atoms with Gasteiger partial charge in [-0.3, -0.25) is 0 Å². The Hall–Kier alpha value is -1.20. The largest absolute Gasteiger partial charge is 0.370 e. The fraction of sp³-hybridized carbons (Fsp3) is 0.533. The predicted molar refractivity (Wildman–Crippen MR) is 75.7 cm³/mol. The molecule has 2 nitrogen and oxygen atoms in total. The van der Waals surface area contributed by atoms with E-state index in [1.165, 1.54) is 32.1 Å². The average Bonchev–Trinajstić information content (AvgIpc) is 2.39. The number of halogens is 1. The molecule has 1 unspecified atom stereocenters. The summed E-state index contributed by atoms with van der Waals surface area (Å²) >= 11 is 5.94. The van der Waals surface area contributed by atoms with E-state index in [0.29, 0.717) is 10.9 Å². The molecule has 1 aromatic rings. The summed E-state index contributed by atoms with van der Waals surface area (Å²) in [5.74, 6) is 0.704. The second-order valence-corrected chi connectivity index (χ2v) is 5.51. The molecule has 3 heteroatoms. The first-order valence-electron chi connectivity index (χ1n) is 6.69. The number of nitriles is 1. The molecule has 0 amide bonds. The third kappa shape index (κ3) is 3.92. The van der Waals surface area contributed by atoms with Gasteiger partial charge >= 0.3 is 0 Å². The summed E-state index contributed by atoms with van der Waals surface area (Å²) in [6, 6.07) is 9.83. The van der Waals surface area contributed by atoms with Gasteiger partial charge in [0.15, 0.2) is 0 Å². The van der Waals surface area contributed by atoms with Crippen molar-refractivity contribution < 1.29 is 0 Å². The van der Waals surface area contributed by atoms with E-state index >= 15 is 0 Å². The highest BCUT2D eigenvalue weighted by Gasteiger charge is 2.18. The normalized spacial score (nSPS) is 18.0. The molecule has 2 rings (SSSR count). The van der Waals surface area contributed by atoms with Crippen LogP contribution in [-0.4, -0.2) is 6.04 Å². The lowest BCUT2D eigenvalue weighted by atomic mass is 9.85. The van der Waals surface area contributed by atoms with E-state index in [1.54, 1.807) is 0 Å². The van der Waals surface area contributed by atoms with E-state index in [9.17, 15) is 5.26 Å². The van der Waals surface area contributed by atoms with Crippen LogP contribution in [0.3, 0.4) is 0 Å². The van der Waals surface area contributed by atoms with Crippen molar-refractivity contribution in [3.05, 3.63) is 29.3 Å². The first kappa shape index (κ1) is 13.2. The summed E-state index contributed by atoms with van der Waals surface area (Å²) in [7, 11) is 0. The molecule has 1 aromatic carbocycles. The molecule has 0 spiro atoms. The highest BCUT2D eigenvalue weighted by molar-refractivity contribution is 6.30. The smallest absolute Gasteiger partial charge is 0.114 e. The summed E-state index contributed by atoms with van der Waals surface area (Å²) in [5.41, 5.74) is 0.935. The van der Waals surface area contributed by atoms with E-state index in [0.717, 1.165) is 12.1 Å². The highest BCUT2D eigenvalue weighted by atomic mass is 35.5. The third-order valence-corrected chi connectivity index (χ3v) is 3.85. The van der Waals surface area contributed by atoms with Gasteiger partial charge in [0.05, 0.1) is 6.07 Å². The number of hydrogen-bond donors (Lipinski definition) is 1. The van der Waals surface area contributed by atoms with Crippen molar-refractivity contribution in [2.24, 2.45) is 5.92 Å². The van der Waals surface area contributed by atoms with Crippen molar-refractivity contribution >= 4 is 17.3 Å². The van der Waals surface area contributed by atoms with Gasteiger partial charge in [-0.1, -0.05) is 49.8 Å². The summed E-state index contributed by atoms with van der Waals surface area (Å²) in [5, 5.41) is 13.2. The SMILES string of the molecule is N#CC(CC1CCCCC1)Nc1cccc(Cl)c1. The van der Waals surface area contributed by atoms with Gasteiger partial charge < -0.3 is 5.32 Å². The zero-order valence-electron chi connectivity index (χ0n) is 10.5. The lowest BCUT2D eigenvalue weighted by Gasteiger charge is -2.24. The Labute approximate surface area is 114 Å². The lowest BCUT2D eigenvalue weighted by Crippen LogP contribution is -2.22. The first-order valence-corrected chi connectivity index (χ1v) is 7.07. The van der Waals surface area contributed by atoms with Crippen LogP contribution in [0.1, 0.15) is 38.5 Å². The Kier molecular flexibility index (Phi) is 4.90.